The Morgan fingerprint density at radius 3 is 2.12 bits per heavy atom. The lowest BCUT2D eigenvalue weighted by molar-refractivity contribution is 0.515. The highest BCUT2D eigenvalue weighted by atomic mass is 35.5. The van der Waals surface area contributed by atoms with Crippen molar-refractivity contribution in [2.45, 2.75) is 10.8 Å². The molecule has 0 aliphatic rings. The second-order valence-electron chi connectivity index (χ2n) is 3.36. The molecule has 0 saturated heterocycles. The number of aryl methyl sites for hydroxylation is 1. The van der Waals surface area contributed by atoms with E-state index in [0.717, 1.165) is 15.5 Å². The molecule has 0 heterocycles. The Kier molecular flexibility index (Phi) is 4.57. The Morgan fingerprint density at radius 1 is 1.29 bits per heavy atom. The number of hydrogen-bond donors (Lipinski definition) is 0. The summed E-state index contributed by atoms with van der Waals surface area (Å²) in [6.45, 7) is 1.85. The third-order valence-corrected chi connectivity index (χ3v) is 4.58. The number of hydrogen-bond acceptors (Lipinski definition) is 3. The molecule has 0 fully saturated rings. The first-order valence-electron chi connectivity index (χ1n) is 4.42. The topological polar surface area (TPSA) is 37.4 Å². The maximum absolute atomic E-state index is 13.1. The first kappa shape index (κ1) is 14.9. The van der Waals surface area contributed by atoms with Gasteiger partial charge in [0.2, 0.25) is 10.0 Å². The van der Waals surface area contributed by atoms with Crippen LogP contribution in [0.3, 0.4) is 0 Å². The molecule has 1 aromatic carbocycles. The van der Waals surface area contributed by atoms with Crippen molar-refractivity contribution in [3.05, 3.63) is 29.8 Å². The Balaban J connectivity index is 3.12. The van der Waals surface area contributed by atoms with Crippen molar-refractivity contribution in [2.24, 2.45) is 0 Å². The van der Waals surface area contributed by atoms with E-state index in [0.29, 0.717) is 0 Å². The first-order valence-corrected chi connectivity index (χ1v) is 7.80. The molecule has 1 rings (SSSR count). The minimum atomic E-state index is -3.68. The van der Waals surface area contributed by atoms with E-state index in [1.54, 1.807) is 24.3 Å². The second-order valence-corrected chi connectivity index (χ2v) is 8.22. The molecule has 0 unspecified atom stereocenters. The van der Waals surface area contributed by atoms with Crippen molar-refractivity contribution in [3.63, 3.8) is 0 Å². The fourth-order valence-corrected chi connectivity index (χ4v) is 3.50. The van der Waals surface area contributed by atoms with Crippen LogP contribution in [0, 0.1) is 6.92 Å². The monoisotopic (exact) mass is 317 g/mol. The predicted octanol–water partition coefficient (Wildman–Crippen LogP) is 3.47. The summed E-state index contributed by atoms with van der Waals surface area (Å²) < 4.78 is 34.2. The fourth-order valence-electron chi connectivity index (χ4n) is 1.07. The van der Waals surface area contributed by atoms with E-state index in [-0.39, 0.29) is 17.6 Å². The van der Waals surface area contributed by atoms with Crippen LogP contribution in [0.2, 0.25) is 0 Å². The molecule has 0 aliphatic heterocycles. The summed E-state index contributed by atoms with van der Waals surface area (Å²) in [4.78, 5) is 0. The number of rotatable bonds is 4. The van der Waals surface area contributed by atoms with Gasteiger partial charge in [-0.3, -0.25) is 0 Å². The summed E-state index contributed by atoms with van der Waals surface area (Å²) in [6.07, 6.45) is 0.944. The van der Waals surface area contributed by atoms with E-state index < -0.39 is 13.9 Å². The van der Waals surface area contributed by atoms with Crippen LogP contribution < -0.4 is 3.71 Å². The summed E-state index contributed by atoms with van der Waals surface area (Å²) in [5.41, 5.74) is 1.24. The van der Waals surface area contributed by atoms with Gasteiger partial charge in [-0.1, -0.05) is 40.9 Å². The lowest BCUT2D eigenvalue weighted by Gasteiger charge is -2.23. The standard InChI is InChI=1S/C9H10Cl2FNO2S2/c1-7-3-5-8(6-4-7)13(17(2,14)15)16-9(10,11)12/h3-6H,1-2H3. The summed E-state index contributed by atoms with van der Waals surface area (Å²) in [6, 6.07) is 6.50. The van der Waals surface area contributed by atoms with Crippen LogP contribution in [0.25, 0.3) is 0 Å². The normalized spacial score (nSPS) is 12.5. The number of benzene rings is 1. The summed E-state index contributed by atoms with van der Waals surface area (Å²) in [7, 11) is -3.68. The van der Waals surface area contributed by atoms with Gasteiger partial charge in [-0.25, -0.2) is 12.1 Å². The highest BCUT2D eigenvalue weighted by Gasteiger charge is 2.32. The molecule has 0 aromatic heterocycles. The Hall–Kier alpha value is -0.170. The smallest absolute Gasteiger partial charge is 0.206 e. The van der Waals surface area contributed by atoms with Crippen molar-refractivity contribution in [2.75, 3.05) is 9.97 Å². The zero-order valence-electron chi connectivity index (χ0n) is 9.02. The number of nitrogens with zero attached hydrogens (tertiary/aromatic N) is 1. The molecular formula is C9H10Cl2FNO2S2. The van der Waals surface area contributed by atoms with Crippen LogP contribution in [-0.2, 0) is 10.0 Å². The number of sulfonamides is 1. The molecule has 0 amide bonds. The average Bonchev–Trinajstić information content (AvgIpc) is 2.13. The van der Waals surface area contributed by atoms with E-state index in [2.05, 4.69) is 0 Å². The van der Waals surface area contributed by atoms with Crippen molar-refractivity contribution >= 4 is 50.9 Å². The Labute approximate surface area is 114 Å². The fraction of sp³-hybridized carbons (Fsp3) is 0.333. The van der Waals surface area contributed by atoms with Crippen molar-refractivity contribution in [1.29, 1.82) is 0 Å². The van der Waals surface area contributed by atoms with Gasteiger partial charge in [-0.05, 0) is 19.1 Å². The molecule has 0 radical (unpaired) electrons. The Morgan fingerprint density at radius 2 is 1.76 bits per heavy atom. The molecule has 3 nitrogen and oxygen atoms in total. The van der Waals surface area contributed by atoms with Gasteiger partial charge < -0.3 is 0 Å². The molecule has 0 bridgehead atoms. The van der Waals surface area contributed by atoms with Crippen LogP contribution in [0.1, 0.15) is 5.56 Å². The van der Waals surface area contributed by atoms with Crippen molar-refractivity contribution < 1.29 is 12.8 Å². The van der Waals surface area contributed by atoms with Gasteiger partial charge in [0, 0.05) is 11.9 Å². The molecule has 17 heavy (non-hydrogen) atoms. The number of halogens is 3. The minimum absolute atomic E-state index is 0.177. The quantitative estimate of drug-likeness (QED) is 0.630. The lowest BCUT2D eigenvalue weighted by Crippen LogP contribution is -2.26. The minimum Gasteiger partial charge on any atom is -0.206 e. The molecule has 0 atom stereocenters. The van der Waals surface area contributed by atoms with E-state index >= 15 is 0 Å². The van der Waals surface area contributed by atoms with E-state index in [1.807, 2.05) is 6.92 Å². The van der Waals surface area contributed by atoms with E-state index in [1.165, 1.54) is 0 Å². The summed E-state index contributed by atoms with van der Waals surface area (Å²) in [5, 5.41) is 0. The van der Waals surface area contributed by atoms with Crippen LogP contribution in [-0.4, -0.2) is 18.6 Å². The number of alkyl halides is 3. The van der Waals surface area contributed by atoms with Crippen LogP contribution >= 0.6 is 35.1 Å². The maximum atomic E-state index is 13.1. The van der Waals surface area contributed by atoms with Gasteiger partial charge >= 0.3 is 3.92 Å². The van der Waals surface area contributed by atoms with Gasteiger partial charge in [-0.2, -0.15) is 4.39 Å². The molecule has 8 heteroatoms. The third kappa shape index (κ3) is 4.91. The number of anilines is 1. The van der Waals surface area contributed by atoms with Gasteiger partial charge in [0.25, 0.3) is 0 Å². The predicted molar refractivity (Wildman–Crippen MR) is 71.6 cm³/mol. The van der Waals surface area contributed by atoms with Crippen molar-refractivity contribution in [1.82, 2.24) is 0 Å². The highest BCUT2D eigenvalue weighted by Crippen LogP contribution is 2.42. The zero-order chi connectivity index (χ0) is 13.3. The zero-order valence-corrected chi connectivity index (χ0v) is 12.2. The summed E-state index contributed by atoms with van der Waals surface area (Å²) >= 11 is 10.5. The van der Waals surface area contributed by atoms with Gasteiger partial charge in [-0.15, -0.1) is 0 Å². The lowest BCUT2D eigenvalue weighted by atomic mass is 10.2. The van der Waals surface area contributed by atoms with Gasteiger partial charge in [0.1, 0.15) is 0 Å². The van der Waals surface area contributed by atoms with Gasteiger partial charge in [0.05, 0.1) is 11.9 Å². The Bertz CT molecular complexity index is 485. The summed E-state index contributed by atoms with van der Waals surface area (Å²) in [5.74, 6) is 0. The molecule has 0 saturated carbocycles. The second kappa shape index (κ2) is 5.22. The third-order valence-electron chi connectivity index (χ3n) is 1.73. The highest BCUT2D eigenvalue weighted by molar-refractivity contribution is 8.16. The molecular weight excluding hydrogens is 308 g/mol. The van der Waals surface area contributed by atoms with Crippen LogP contribution in [0.15, 0.2) is 24.3 Å². The molecule has 1 aromatic rings. The SMILES string of the molecule is Cc1ccc(N(SC(F)(Cl)Cl)S(C)(=O)=O)cc1. The molecule has 96 valence electrons. The maximum Gasteiger partial charge on any atom is 0.324 e. The van der Waals surface area contributed by atoms with E-state index in [9.17, 15) is 12.8 Å². The molecule has 0 N–H and O–H groups in total. The van der Waals surface area contributed by atoms with Crippen molar-refractivity contribution in [3.8, 4) is 0 Å². The molecule has 0 spiro atoms. The van der Waals surface area contributed by atoms with E-state index in [4.69, 9.17) is 23.2 Å². The largest absolute Gasteiger partial charge is 0.324 e. The van der Waals surface area contributed by atoms with Crippen LogP contribution in [0.5, 0.6) is 0 Å². The average molecular weight is 318 g/mol. The van der Waals surface area contributed by atoms with Gasteiger partial charge in [0.15, 0.2) is 0 Å². The van der Waals surface area contributed by atoms with Crippen LogP contribution in [0.4, 0.5) is 10.1 Å². The molecule has 0 aliphatic carbocycles. The first-order chi connectivity index (χ1) is 7.59.